The minimum Gasteiger partial charge on any atom is -0.497 e. The van der Waals surface area contributed by atoms with Gasteiger partial charge in [0.05, 0.1) is 18.1 Å². The smallest absolute Gasteiger partial charge is 0.361 e. The van der Waals surface area contributed by atoms with Crippen LogP contribution in [0, 0.1) is 0 Å². The summed E-state index contributed by atoms with van der Waals surface area (Å²) in [5, 5.41) is 3.68. The summed E-state index contributed by atoms with van der Waals surface area (Å²) < 4.78 is 11.6. The number of alkyl halides is 1. The van der Waals surface area contributed by atoms with Crippen LogP contribution in [0.4, 0.5) is 0 Å². The second-order valence-electron chi connectivity index (χ2n) is 6.67. The van der Waals surface area contributed by atoms with Gasteiger partial charge in [-0.25, -0.2) is 4.42 Å². The van der Waals surface area contributed by atoms with E-state index in [0.717, 1.165) is 41.9 Å². The van der Waals surface area contributed by atoms with E-state index in [9.17, 15) is 0 Å². The van der Waals surface area contributed by atoms with Crippen LogP contribution in [0.3, 0.4) is 0 Å². The van der Waals surface area contributed by atoms with E-state index >= 15 is 0 Å². The van der Waals surface area contributed by atoms with E-state index in [1.807, 2.05) is 24.3 Å². The molecule has 4 rings (SSSR count). The van der Waals surface area contributed by atoms with Crippen LogP contribution >= 0.6 is 11.6 Å². The minimum atomic E-state index is 0.696. The predicted octanol–water partition coefficient (Wildman–Crippen LogP) is 7.10. The molecule has 0 saturated carbocycles. The van der Waals surface area contributed by atoms with E-state index in [0.29, 0.717) is 5.88 Å². The molecule has 0 bridgehead atoms. The topological polar surface area (TPSA) is 20.5 Å². The fourth-order valence-electron chi connectivity index (χ4n) is 3.55. The molecular formula is C24H22ClO2+. The average molecular weight is 378 g/mol. The first-order chi connectivity index (χ1) is 13.3. The van der Waals surface area contributed by atoms with Gasteiger partial charge >= 0.3 is 11.3 Å². The Hall–Kier alpha value is -2.58. The average Bonchev–Trinajstić information content (AvgIpc) is 2.73. The van der Waals surface area contributed by atoms with Crippen LogP contribution in [0.2, 0.25) is 0 Å². The number of methoxy groups -OCH3 is 1. The van der Waals surface area contributed by atoms with E-state index in [1.54, 1.807) is 7.11 Å². The lowest BCUT2D eigenvalue weighted by Gasteiger charge is -2.06. The molecule has 0 radical (unpaired) electrons. The summed E-state index contributed by atoms with van der Waals surface area (Å²) >= 11 is 5.91. The molecular weight excluding hydrogens is 356 g/mol. The summed E-state index contributed by atoms with van der Waals surface area (Å²) in [6, 6.07) is 22.9. The van der Waals surface area contributed by atoms with E-state index in [1.165, 1.54) is 21.7 Å². The Morgan fingerprint density at radius 3 is 2.52 bits per heavy atom. The van der Waals surface area contributed by atoms with Gasteiger partial charge in [-0.2, -0.15) is 0 Å². The lowest BCUT2D eigenvalue weighted by Crippen LogP contribution is -1.92. The van der Waals surface area contributed by atoms with Crippen molar-refractivity contribution in [3.63, 3.8) is 0 Å². The minimum absolute atomic E-state index is 0.696. The molecule has 0 spiro atoms. The fraction of sp³-hybridized carbons (Fsp3) is 0.208. The molecule has 0 saturated heterocycles. The van der Waals surface area contributed by atoms with E-state index in [4.69, 9.17) is 20.8 Å². The fourth-order valence-corrected chi connectivity index (χ4v) is 3.74. The third-order valence-corrected chi connectivity index (χ3v) is 5.21. The zero-order valence-electron chi connectivity index (χ0n) is 15.4. The quantitative estimate of drug-likeness (QED) is 0.154. The van der Waals surface area contributed by atoms with Crippen molar-refractivity contribution in [2.75, 3.05) is 13.0 Å². The van der Waals surface area contributed by atoms with E-state index < -0.39 is 0 Å². The normalized spacial score (nSPS) is 11.2. The van der Waals surface area contributed by atoms with E-state index in [2.05, 4.69) is 42.5 Å². The van der Waals surface area contributed by atoms with E-state index in [-0.39, 0.29) is 0 Å². The number of ether oxygens (including phenoxy) is 1. The van der Waals surface area contributed by atoms with Gasteiger partial charge in [0.15, 0.2) is 0 Å². The summed E-state index contributed by atoms with van der Waals surface area (Å²) in [6.07, 6.45) is 3.06. The first-order valence-electron chi connectivity index (χ1n) is 9.28. The highest BCUT2D eigenvalue weighted by molar-refractivity contribution is 6.17. The lowest BCUT2D eigenvalue weighted by molar-refractivity contribution is 0.415. The van der Waals surface area contributed by atoms with Crippen molar-refractivity contribution in [2.45, 2.75) is 19.3 Å². The van der Waals surface area contributed by atoms with Gasteiger partial charge in [-0.3, -0.25) is 0 Å². The second-order valence-corrected chi connectivity index (χ2v) is 7.05. The third kappa shape index (κ3) is 3.63. The molecule has 27 heavy (non-hydrogen) atoms. The van der Waals surface area contributed by atoms with Crippen molar-refractivity contribution < 1.29 is 9.15 Å². The molecule has 136 valence electrons. The standard InChI is InChI=1S/C24H22ClO2/c1-26-20-12-9-18(10-13-20)23-16-19(7-4-5-15-25)24-21-8-3-2-6-17(21)11-14-22(24)27-23/h2-3,6,8-14,16H,4-5,7,15H2,1H3/q+1. The number of fused-ring (bicyclic) bond motifs is 3. The summed E-state index contributed by atoms with van der Waals surface area (Å²) in [5.74, 6) is 2.41. The van der Waals surface area contributed by atoms with Gasteiger partial charge in [-0.05, 0) is 65.9 Å². The first-order valence-corrected chi connectivity index (χ1v) is 9.81. The van der Waals surface area contributed by atoms with Gasteiger partial charge in [0.2, 0.25) is 0 Å². The highest BCUT2D eigenvalue weighted by atomic mass is 35.5. The van der Waals surface area contributed by atoms with Crippen molar-refractivity contribution in [3.8, 4) is 17.1 Å². The van der Waals surface area contributed by atoms with Crippen molar-refractivity contribution in [2.24, 2.45) is 0 Å². The summed E-state index contributed by atoms with van der Waals surface area (Å²) in [5.41, 5.74) is 3.27. The first kappa shape index (κ1) is 17.8. The molecule has 2 nitrogen and oxygen atoms in total. The van der Waals surface area contributed by atoms with Gasteiger partial charge in [0, 0.05) is 18.0 Å². The lowest BCUT2D eigenvalue weighted by atomic mass is 9.97. The zero-order chi connectivity index (χ0) is 18.6. The monoisotopic (exact) mass is 377 g/mol. The molecule has 3 aromatic carbocycles. The molecule has 3 heteroatoms. The summed E-state index contributed by atoms with van der Waals surface area (Å²) in [7, 11) is 1.68. The second kappa shape index (κ2) is 7.98. The van der Waals surface area contributed by atoms with Crippen LogP contribution in [0.15, 0.2) is 71.1 Å². The molecule has 1 aromatic heterocycles. The molecule has 0 aliphatic carbocycles. The number of rotatable bonds is 6. The zero-order valence-corrected chi connectivity index (χ0v) is 16.1. The van der Waals surface area contributed by atoms with Crippen molar-refractivity contribution in [1.29, 1.82) is 0 Å². The highest BCUT2D eigenvalue weighted by Gasteiger charge is 2.20. The largest absolute Gasteiger partial charge is 0.497 e. The number of hydrogen-bond donors (Lipinski definition) is 0. The molecule has 0 N–H and O–H groups in total. The molecule has 0 atom stereocenters. The SMILES string of the molecule is COc1ccc(-c2cc(CCCCCl)c3c(ccc4ccccc43)[o+]2)cc1. The maximum absolute atomic E-state index is 6.31. The van der Waals surface area contributed by atoms with Crippen LogP contribution in [0.1, 0.15) is 18.4 Å². The van der Waals surface area contributed by atoms with Gasteiger partial charge in [-0.15, -0.1) is 11.6 Å². The number of hydrogen-bond acceptors (Lipinski definition) is 1. The Morgan fingerprint density at radius 2 is 1.74 bits per heavy atom. The van der Waals surface area contributed by atoms with Gasteiger partial charge < -0.3 is 4.74 Å². The molecule has 0 fully saturated rings. The Labute approximate surface area is 164 Å². The van der Waals surface area contributed by atoms with Crippen LogP contribution in [0.25, 0.3) is 33.1 Å². The van der Waals surface area contributed by atoms with Crippen molar-refractivity contribution in [1.82, 2.24) is 0 Å². The Balaban J connectivity index is 1.89. The van der Waals surface area contributed by atoms with Gasteiger partial charge in [-0.1, -0.05) is 24.3 Å². The van der Waals surface area contributed by atoms with Gasteiger partial charge in [0.25, 0.3) is 0 Å². The molecule has 0 unspecified atom stereocenters. The van der Waals surface area contributed by atoms with Gasteiger partial charge in [0.1, 0.15) is 5.75 Å². The van der Waals surface area contributed by atoms with Crippen LogP contribution in [-0.2, 0) is 6.42 Å². The molecule has 4 aromatic rings. The van der Waals surface area contributed by atoms with Crippen molar-refractivity contribution in [3.05, 3.63) is 72.3 Å². The Kier molecular flexibility index (Phi) is 5.26. The molecule has 0 aliphatic rings. The van der Waals surface area contributed by atoms with Crippen LogP contribution in [-0.4, -0.2) is 13.0 Å². The maximum atomic E-state index is 6.31. The number of halogens is 1. The molecule has 1 heterocycles. The number of benzene rings is 3. The van der Waals surface area contributed by atoms with Crippen LogP contribution in [0.5, 0.6) is 5.75 Å². The Morgan fingerprint density at radius 1 is 0.926 bits per heavy atom. The van der Waals surface area contributed by atoms with Crippen molar-refractivity contribution >= 4 is 33.3 Å². The number of unbranched alkanes of at least 4 members (excludes halogenated alkanes) is 1. The third-order valence-electron chi connectivity index (χ3n) is 4.94. The Bertz CT molecular complexity index is 1070. The molecule has 0 amide bonds. The molecule has 0 aliphatic heterocycles. The summed E-state index contributed by atoms with van der Waals surface area (Å²) in [6.45, 7) is 0. The number of aryl methyl sites for hydroxylation is 1. The predicted molar refractivity (Wildman–Crippen MR) is 114 cm³/mol. The summed E-state index contributed by atoms with van der Waals surface area (Å²) in [4.78, 5) is 0. The maximum Gasteiger partial charge on any atom is 0.361 e. The highest BCUT2D eigenvalue weighted by Crippen LogP contribution is 2.34. The van der Waals surface area contributed by atoms with Crippen LogP contribution < -0.4 is 4.74 Å².